The summed E-state index contributed by atoms with van der Waals surface area (Å²) in [6.45, 7) is 2.01. The summed E-state index contributed by atoms with van der Waals surface area (Å²) in [7, 11) is 5.89. The van der Waals surface area contributed by atoms with Crippen LogP contribution in [0.25, 0.3) is 0 Å². The van der Waals surface area contributed by atoms with Gasteiger partial charge in [-0.05, 0) is 36.3 Å². The Kier molecular flexibility index (Phi) is 4.55. The number of hydrogen-bond acceptors (Lipinski definition) is 1. The highest BCUT2D eigenvalue weighted by Gasteiger charge is 2.21. The quantitative estimate of drug-likeness (QED) is 0.417. The van der Waals surface area contributed by atoms with E-state index < -0.39 is 0 Å². The fourth-order valence-electron chi connectivity index (χ4n) is 3.34. The highest BCUT2D eigenvalue weighted by Crippen LogP contribution is 2.30. The third-order valence-electron chi connectivity index (χ3n) is 4.75. The molecule has 2 radical (unpaired) electrons. The fraction of sp³-hybridized carbons (Fsp3) is 0.0870. The predicted molar refractivity (Wildman–Crippen MR) is 109 cm³/mol. The van der Waals surface area contributed by atoms with E-state index in [9.17, 15) is 4.79 Å². The van der Waals surface area contributed by atoms with Gasteiger partial charge in [0.05, 0.1) is 11.6 Å². The molecule has 0 saturated carbocycles. The maximum Gasteiger partial charge on any atom is 0.209 e. The minimum absolute atomic E-state index is 0.0148. The van der Waals surface area contributed by atoms with Crippen LogP contribution in [0.5, 0.6) is 0 Å². The van der Waals surface area contributed by atoms with Crippen molar-refractivity contribution < 1.29 is 4.79 Å². The predicted octanol–water partition coefficient (Wildman–Crippen LogP) is 3.86. The zero-order valence-electron chi connectivity index (χ0n) is 15.1. The lowest BCUT2D eigenvalue weighted by molar-refractivity contribution is 0.103. The lowest BCUT2D eigenvalue weighted by Crippen LogP contribution is -2.09. The summed E-state index contributed by atoms with van der Waals surface area (Å²) in [6.07, 6.45) is 0. The average molecular weight is 350 g/mol. The van der Waals surface area contributed by atoms with Crippen LogP contribution in [0, 0.1) is 6.92 Å². The van der Waals surface area contributed by atoms with E-state index in [0.29, 0.717) is 16.9 Å². The van der Waals surface area contributed by atoms with Gasteiger partial charge in [-0.1, -0.05) is 66.2 Å². The Morgan fingerprint density at radius 1 is 0.815 bits per heavy atom. The van der Waals surface area contributed by atoms with Crippen molar-refractivity contribution in [1.29, 1.82) is 0 Å². The second-order valence-corrected chi connectivity index (χ2v) is 6.74. The van der Waals surface area contributed by atoms with E-state index in [1.165, 1.54) is 0 Å². The molecule has 130 valence electrons. The van der Waals surface area contributed by atoms with Crippen molar-refractivity contribution in [3.63, 3.8) is 0 Å². The largest absolute Gasteiger partial charge is 0.371 e. The standard InChI is InChI=1S/C23H19BN2O/c1-15-7-9-17(10-8-15)23(27)20-12-11-18(25-20)22(16-5-3-2-4-6-16)19-13-14-21(24)26-19/h2-14,22,25-26H,1H3. The number of benzene rings is 2. The van der Waals surface area contributed by atoms with Crippen LogP contribution < -0.4 is 5.59 Å². The van der Waals surface area contributed by atoms with E-state index in [1.807, 2.05) is 73.7 Å². The molecule has 1 atom stereocenters. The molecule has 0 aliphatic rings. The van der Waals surface area contributed by atoms with Crippen molar-refractivity contribution >= 4 is 19.2 Å². The molecule has 0 aliphatic carbocycles. The van der Waals surface area contributed by atoms with Gasteiger partial charge < -0.3 is 9.97 Å². The van der Waals surface area contributed by atoms with Crippen LogP contribution >= 0.6 is 0 Å². The molecule has 2 aromatic carbocycles. The highest BCUT2D eigenvalue weighted by molar-refractivity contribution is 6.30. The van der Waals surface area contributed by atoms with E-state index in [0.717, 1.165) is 22.5 Å². The monoisotopic (exact) mass is 350 g/mol. The fourth-order valence-corrected chi connectivity index (χ4v) is 3.34. The highest BCUT2D eigenvalue weighted by atomic mass is 16.1. The molecule has 3 nitrogen and oxygen atoms in total. The molecule has 0 spiro atoms. The Morgan fingerprint density at radius 3 is 2.15 bits per heavy atom. The molecule has 0 saturated heterocycles. The van der Waals surface area contributed by atoms with Gasteiger partial charge in [0.1, 0.15) is 7.85 Å². The average Bonchev–Trinajstić information content (AvgIpc) is 3.33. The van der Waals surface area contributed by atoms with Crippen LogP contribution in [-0.4, -0.2) is 23.6 Å². The number of nitrogens with one attached hydrogen (secondary N) is 2. The minimum atomic E-state index is -0.0527. The molecule has 0 fully saturated rings. The van der Waals surface area contributed by atoms with Crippen LogP contribution in [-0.2, 0) is 0 Å². The number of carbonyl (C=O) groups excluding carboxylic acids is 1. The van der Waals surface area contributed by atoms with Crippen LogP contribution in [0.2, 0.25) is 0 Å². The first-order chi connectivity index (χ1) is 13.1. The van der Waals surface area contributed by atoms with Crippen LogP contribution in [0.1, 0.15) is 44.5 Å². The van der Waals surface area contributed by atoms with Crippen molar-refractivity contribution in [2.75, 3.05) is 0 Å². The second kappa shape index (κ2) is 7.16. The zero-order chi connectivity index (χ0) is 18.8. The summed E-state index contributed by atoms with van der Waals surface area (Å²) in [5.41, 5.74) is 6.05. The Morgan fingerprint density at radius 2 is 1.48 bits per heavy atom. The third kappa shape index (κ3) is 3.51. The first-order valence-electron chi connectivity index (χ1n) is 8.91. The van der Waals surface area contributed by atoms with E-state index in [-0.39, 0.29) is 11.7 Å². The van der Waals surface area contributed by atoms with Gasteiger partial charge in [-0.2, -0.15) is 0 Å². The number of aromatic amines is 2. The smallest absolute Gasteiger partial charge is 0.209 e. The van der Waals surface area contributed by atoms with Crippen molar-refractivity contribution in [1.82, 2.24) is 9.97 Å². The molecule has 4 heteroatoms. The normalized spacial score (nSPS) is 12.0. The molecule has 4 aromatic rings. The molecule has 1 unspecified atom stereocenters. The summed E-state index contributed by atoms with van der Waals surface area (Å²) in [6, 6.07) is 25.4. The number of aromatic nitrogens is 2. The molecule has 2 aromatic heterocycles. The Hall–Kier alpha value is -3.27. The third-order valence-corrected chi connectivity index (χ3v) is 4.75. The van der Waals surface area contributed by atoms with Crippen LogP contribution in [0.15, 0.2) is 78.9 Å². The van der Waals surface area contributed by atoms with Gasteiger partial charge in [-0.15, -0.1) is 0 Å². The number of ketones is 1. The summed E-state index contributed by atoms with van der Waals surface area (Å²) in [5.74, 6) is -0.0675. The lowest BCUT2D eigenvalue weighted by Gasteiger charge is -2.15. The first kappa shape index (κ1) is 17.2. The van der Waals surface area contributed by atoms with Crippen molar-refractivity contribution in [2.24, 2.45) is 0 Å². The lowest BCUT2D eigenvalue weighted by atomic mass is 9.93. The van der Waals surface area contributed by atoms with Gasteiger partial charge in [-0.25, -0.2) is 0 Å². The van der Waals surface area contributed by atoms with Crippen LogP contribution in [0.3, 0.4) is 0 Å². The van der Waals surface area contributed by atoms with Gasteiger partial charge in [0, 0.05) is 17.0 Å². The molecular weight excluding hydrogens is 331 g/mol. The Labute approximate surface area is 159 Å². The summed E-state index contributed by atoms with van der Waals surface area (Å²) >= 11 is 0. The van der Waals surface area contributed by atoms with E-state index in [4.69, 9.17) is 7.85 Å². The number of rotatable bonds is 5. The minimum Gasteiger partial charge on any atom is -0.371 e. The first-order valence-corrected chi connectivity index (χ1v) is 8.91. The number of hydrogen-bond donors (Lipinski definition) is 2. The second-order valence-electron chi connectivity index (χ2n) is 6.74. The molecule has 27 heavy (non-hydrogen) atoms. The molecule has 2 N–H and O–H groups in total. The molecule has 0 bridgehead atoms. The van der Waals surface area contributed by atoms with Gasteiger partial charge >= 0.3 is 0 Å². The molecular formula is C23H19BN2O. The van der Waals surface area contributed by atoms with Crippen molar-refractivity contribution in [3.8, 4) is 0 Å². The Bertz CT molecular complexity index is 1060. The number of H-pyrrole nitrogens is 2. The van der Waals surface area contributed by atoms with E-state index in [1.54, 1.807) is 0 Å². The van der Waals surface area contributed by atoms with Gasteiger partial charge in [0.25, 0.3) is 0 Å². The summed E-state index contributed by atoms with van der Waals surface area (Å²) in [4.78, 5) is 19.4. The summed E-state index contributed by atoms with van der Waals surface area (Å²) < 4.78 is 0. The molecule has 0 amide bonds. The van der Waals surface area contributed by atoms with Gasteiger partial charge in [-0.3, -0.25) is 4.79 Å². The van der Waals surface area contributed by atoms with Gasteiger partial charge in [0.2, 0.25) is 5.78 Å². The van der Waals surface area contributed by atoms with Gasteiger partial charge in [0.15, 0.2) is 0 Å². The van der Waals surface area contributed by atoms with Crippen molar-refractivity contribution in [2.45, 2.75) is 12.8 Å². The zero-order valence-corrected chi connectivity index (χ0v) is 15.1. The van der Waals surface area contributed by atoms with Crippen molar-refractivity contribution in [3.05, 3.63) is 113 Å². The SMILES string of the molecule is [B]c1ccc(C(c2ccccc2)c2ccc(C(=O)c3ccc(C)cc3)[nH]2)[nH]1. The molecule has 4 rings (SSSR count). The van der Waals surface area contributed by atoms with E-state index >= 15 is 0 Å². The maximum atomic E-state index is 12.8. The van der Waals surface area contributed by atoms with Crippen LogP contribution in [0.4, 0.5) is 0 Å². The topological polar surface area (TPSA) is 48.6 Å². The number of carbonyl (C=O) groups is 1. The number of aryl methyl sites for hydroxylation is 1. The molecule has 2 heterocycles. The van der Waals surface area contributed by atoms with E-state index in [2.05, 4.69) is 22.1 Å². The summed E-state index contributed by atoms with van der Waals surface area (Å²) in [5, 5.41) is 0. The Balaban J connectivity index is 1.72. The maximum absolute atomic E-state index is 12.8. The molecule has 0 aliphatic heterocycles.